The summed E-state index contributed by atoms with van der Waals surface area (Å²) >= 11 is 0. The molecule has 0 spiro atoms. The van der Waals surface area contributed by atoms with Gasteiger partial charge in [-0.05, 0) is 38.5 Å². The van der Waals surface area contributed by atoms with E-state index in [1.807, 2.05) is 30.9 Å². The molecule has 1 N–H and O–H groups in total. The Hall–Kier alpha value is -1.42. The van der Waals surface area contributed by atoms with E-state index < -0.39 is 5.54 Å². The lowest BCUT2D eigenvalue weighted by atomic mass is 9.97. The van der Waals surface area contributed by atoms with Gasteiger partial charge in [-0.15, -0.1) is 0 Å². The molecule has 92 valence electrons. The highest BCUT2D eigenvalue weighted by Crippen LogP contribution is 2.19. The van der Waals surface area contributed by atoms with Crippen LogP contribution >= 0.6 is 0 Å². The highest BCUT2D eigenvalue weighted by molar-refractivity contribution is 5.86. The predicted octanol–water partition coefficient (Wildman–Crippen LogP) is 1.18. The number of hydrogen-bond donors (Lipinski definition) is 1. The summed E-state index contributed by atoms with van der Waals surface area (Å²) < 4.78 is 0. The maximum atomic E-state index is 12.3. The van der Waals surface area contributed by atoms with E-state index in [-0.39, 0.29) is 11.9 Å². The third kappa shape index (κ3) is 2.47. The van der Waals surface area contributed by atoms with Crippen LogP contribution in [0.2, 0.25) is 0 Å². The molecule has 1 aliphatic heterocycles. The zero-order valence-corrected chi connectivity index (χ0v) is 10.6. The summed E-state index contributed by atoms with van der Waals surface area (Å²) in [6.45, 7) is 7.43. The molecule has 1 aliphatic rings. The molecule has 1 unspecified atom stereocenters. The number of pyridine rings is 1. The highest BCUT2D eigenvalue weighted by Gasteiger charge is 2.38. The van der Waals surface area contributed by atoms with Crippen molar-refractivity contribution in [2.45, 2.75) is 38.9 Å². The number of nitrogens with one attached hydrogen (secondary N) is 1. The zero-order valence-electron chi connectivity index (χ0n) is 10.6. The van der Waals surface area contributed by atoms with Crippen molar-refractivity contribution in [2.75, 3.05) is 6.54 Å². The molecule has 0 radical (unpaired) electrons. The van der Waals surface area contributed by atoms with E-state index in [2.05, 4.69) is 17.2 Å². The van der Waals surface area contributed by atoms with Gasteiger partial charge in [-0.25, -0.2) is 0 Å². The Balaban J connectivity index is 2.16. The lowest BCUT2D eigenvalue weighted by Gasteiger charge is -2.42. The third-order valence-electron chi connectivity index (χ3n) is 3.27. The quantitative estimate of drug-likeness (QED) is 0.834. The van der Waals surface area contributed by atoms with Crippen molar-refractivity contribution in [1.82, 2.24) is 15.2 Å². The molecule has 4 nitrogen and oxygen atoms in total. The third-order valence-corrected chi connectivity index (χ3v) is 3.27. The lowest BCUT2D eigenvalue weighted by Crippen LogP contribution is -2.64. The van der Waals surface area contributed by atoms with Gasteiger partial charge < -0.3 is 10.2 Å². The van der Waals surface area contributed by atoms with Crippen LogP contribution < -0.4 is 5.32 Å². The van der Waals surface area contributed by atoms with Crippen LogP contribution in [0.5, 0.6) is 0 Å². The Kier molecular flexibility index (Phi) is 3.15. The molecule has 2 heterocycles. The Morgan fingerprint density at radius 2 is 2.12 bits per heavy atom. The summed E-state index contributed by atoms with van der Waals surface area (Å²) in [6.07, 6.45) is 3.52. The molecule has 0 aromatic carbocycles. The Labute approximate surface area is 102 Å². The summed E-state index contributed by atoms with van der Waals surface area (Å²) in [4.78, 5) is 18.2. The molecule has 17 heavy (non-hydrogen) atoms. The van der Waals surface area contributed by atoms with Crippen LogP contribution in [0.4, 0.5) is 0 Å². The molecule has 0 saturated carbocycles. The van der Waals surface area contributed by atoms with E-state index in [1.54, 1.807) is 12.4 Å². The second-order valence-electron chi connectivity index (χ2n) is 5.14. The maximum Gasteiger partial charge on any atom is 0.242 e. The maximum absolute atomic E-state index is 12.3. The fourth-order valence-electron chi connectivity index (χ4n) is 2.06. The van der Waals surface area contributed by atoms with E-state index >= 15 is 0 Å². The van der Waals surface area contributed by atoms with Crippen LogP contribution in [0.1, 0.15) is 26.3 Å². The molecule has 1 amide bonds. The van der Waals surface area contributed by atoms with E-state index in [4.69, 9.17) is 0 Å². The van der Waals surface area contributed by atoms with Crippen molar-refractivity contribution in [3.05, 3.63) is 30.1 Å². The fraction of sp³-hybridized carbons (Fsp3) is 0.538. The minimum absolute atomic E-state index is 0.160. The number of hydrogen-bond acceptors (Lipinski definition) is 3. The lowest BCUT2D eigenvalue weighted by molar-refractivity contribution is -0.143. The molecule has 1 fully saturated rings. The van der Waals surface area contributed by atoms with Crippen LogP contribution in [0.25, 0.3) is 0 Å². The molecule has 2 rings (SSSR count). The standard InChI is InChI=1S/C13H19N3O/c1-10-8-15-13(2,3)12(17)16(10)9-11-4-6-14-7-5-11/h4-7,10,15H,8-9H2,1-3H3. The Morgan fingerprint density at radius 3 is 2.76 bits per heavy atom. The SMILES string of the molecule is CC1CNC(C)(C)C(=O)N1Cc1ccncc1. The second kappa shape index (κ2) is 4.45. The fourth-order valence-corrected chi connectivity index (χ4v) is 2.06. The summed E-state index contributed by atoms with van der Waals surface area (Å²) in [6, 6.07) is 4.13. The largest absolute Gasteiger partial charge is 0.333 e. The second-order valence-corrected chi connectivity index (χ2v) is 5.14. The van der Waals surface area contributed by atoms with Crippen molar-refractivity contribution in [2.24, 2.45) is 0 Å². The van der Waals surface area contributed by atoms with Gasteiger partial charge in [0.15, 0.2) is 0 Å². The van der Waals surface area contributed by atoms with Crippen molar-refractivity contribution in [3.63, 3.8) is 0 Å². The molecular weight excluding hydrogens is 214 g/mol. The molecule has 4 heteroatoms. The minimum atomic E-state index is -0.459. The Bertz CT molecular complexity index is 402. The van der Waals surface area contributed by atoms with Gasteiger partial charge >= 0.3 is 0 Å². The van der Waals surface area contributed by atoms with E-state index in [1.165, 1.54) is 0 Å². The molecular formula is C13H19N3O. The first-order valence-corrected chi connectivity index (χ1v) is 5.96. The van der Waals surface area contributed by atoms with Crippen LogP contribution in [0.3, 0.4) is 0 Å². The average Bonchev–Trinajstić information content (AvgIpc) is 2.32. The number of rotatable bonds is 2. The Morgan fingerprint density at radius 1 is 1.47 bits per heavy atom. The van der Waals surface area contributed by atoms with Gasteiger partial charge in [-0.1, -0.05) is 0 Å². The number of piperazine rings is 1. The van der Waals surface area contributed by atoms with Gasteiger partial charge in [-0.3, -0.25) is 9.78 Å². The van der Waals surface area contributed by atoms with Crippen molar-refractivity contribution >= 4 is 5.91 Å². The molecule has 0 bridgehead atoms. The topological polar surface area (TPSA) is 45.2 Å². The number of nitrogens with zero attached hydrogens (tertiary/aromatic N) is 2. The highest BCUT2D eigenvalue weighted by atomic mass is 16.2. The smallest absolute Gasteiger partial charge is 0.242 e. The molecule has 1 aromatic heterocycles. The first-order chi connectivity index (χ1) is 8.00. The first kappa shape index (κ1) is 12.0. The first-order valence-electron chi connectivity index (χ1n) is 5.96. The zero-order chi connectivity index (χ0) is 12.5. The number of carbonyl (C=O) groups excluding carboxylic acids is 1. The average molecular weight is 233 g/mol. The molecule has 1 atom stereocenters. The van der Waals surface area contributed by atoms with Crippen molar-refractivity contribution in [3.8, 4) is 0 Å². The molecule has 1 saturated heterocycles. The predicted molar refractivity (Wildman–Crippen MR) is 66.3 cm³/mol. The van der Waals surface area contributed by atoms with Crippen LogP contribution in [0.15, 0.2) is 24.5 Å². The van der Waals surface area contributed by atoms with Crippen molar-refractivity contribution in [1.29, 1.82) is 0 Å². The van der Waals surface area contributed by atoms with Gasteiger partial charge in [0.2, 0.25) is 5.91 Å². The summed E-state index contributed by atoms with van der Waals surface area (Å²) in [5.74, 6) is 0.160. The van der Waals surface area contributed by atoms with E-state index in [0.29, 0.717) is 6.54 Å². The van der Waals surface area contributed by atoms with Gasteiger partial charge in [0.25, 0.3) is 0 Å². The van der Waals surface area contributed by atoms with Gasteiger partial charge in [0, 0.05) is 31.5 Å². The molecule has 1 aromatic rings. The monoisotopic (exact) mass is 233 g/mol. The van der Waals surface area contributed by atoms with E-state index in [0.717, 1.165) is 12.1 Å². The number of carbonyl (C=O) groups is 1. The number of amides is 1. The minimum Gasteiger partial charge on any atom is -0.333 e. The van der Waals surface area contributed by atoms with Gasteiger partial charge in [-0.2, -0.15) is 0 Å². The molecule has 0 aliphatic carbocycles. The van der Waals surface area contributed by atoms with Gasteiger partial charge in [0.1, 0.15) is 0 Å². The summed E-state index contributed by atoms with van der Waals surface area (Å²) in [5.41, 5.74) is 0.664. The van der Waals surface area contributed by atoms with Gasteiger partial charge in [0.05, 0.1) is 5.54 Å². The normalized spacial score (nSPS) is 23.8. The van der Waals surface area contributed by atoms with Crippen LogP contribution in [-0.2, 0) is 11.3 Å². The van der Waals surface area contributed by atoms with Crippen LogP contribution in [0, 0.1) is 0 Å². The summed E-state index contributed by atoms with van der Waals surface area (Å²) in [5, 5.41) is 3.27. The summed E-state index contributed by atoms with van der Waals surface area (Å²) in [7, 11) is 0. The number of aromatic nitrogens is 1. The van der Waals surface area contributed by atoms with Crippen molar-refractivity contribution < 1.29 is 4.79 Å². The van der Waals surface area contributed by atoms with E-state index in [9.17, 15) is 4.79 Å². The van der Waals surface area contributed by atoms with Crippen LogP contribution in [-0.4, -0.2) is 33.9 Å².